The predicted octanol–water partition coefficient (Wildman–Crippen LogP) is 3.21. The highest BCUT2D eigenvalue weighted by Gasteiger charge is 2.30. The maximum absolute atomic E-state index is 4.44. The lowest BCUT2D eigenvalue weighted by molar-refractivity contribution is 0.577. The Morgan fingerprint density at radius 3 is 2.71 bits per heavy atom. The minimum absolute atomic E-state index is 0.466. The highest BCUT2D eigenvalue weighted by atomic mass is 32.1. The van der Waals surface area contributed by atoms with Gasteiger partial charge in [-0.1, -0.05) is 19.9 Å². The van der Waals surface area contributed by atoms with Crippen molar-refractivity contribution in [3.05, 3.63) is 40.2 Å². The molecule has 0 radical (unpaired) electrons. The summed E-state index contributed by atoms with van der Waals surface area (Å²) in [5, 5.41) is 14.3. The minimum atomic E-state index is 0.466. The van der Waals surface area contributed by atoms with Crippen LogP contribution in [0.3, 0.4) is 0 Å². The first-order valence-corrected chi connectivity index (χ1v) is 8.45. The molecule has 0 amide bonds. The molecule has 5 heteroatoms. The molecule has 0 bridgehead atoms. The minimum Gasteiger partial charge on any atom is -0.347 e. The summed E-state index contributed by atoms with van der Waals surface area (Å²) in [6, 6.07) is 9.60. The summed E-state index contributed by atoms with van der Waals surface area (Å²) in [5.74, 6) is 0.999. The van der Waals surface area contributed by atoms with Crippen molar-refractivity contribution < 1.29 is 0 Å². The van der Waals surface area contributed by atoms with Crippen molar-refractivity contribution in [2.45, 2.75) is 51.9 Å². The molecule has 3 rings (SSSR count). The van der Waals surface area contributed by atoms with Gasteiger partial charge in [-0.3, -0.25) is 0 Å². The summed E-state index contributed by atoms with van der Waals surface area (Å²) in [6.45, 7) is 6.00. The fraction of sp³-hybridized carbons (Fsp3) is 0.500. The first kappa shape index (κ1) is 14.5. The van der Waals surface area contributed by atoms with Crippen molar-refractivity contribution in [1.29, 1.82) is 0 Å². The van der Waals surface area contributed by atoms with Gasteiger partial charge in [0.25, 0.3) is 0 Å². The molecule has 2 aromatic heterocycles. The predicted molar refractivity (Wildman–Crippen MR) is 87.5 cm³/mol. The molecule has 0 atom stereocenters. The molecular weight excluding hydrogens is 280 g/mol. The van der Waals surface area contributed by atoms with Crippen LogP contribution >= 0.6 is 11.3 Å². The molecule has 1 fully saturated rings. The summed E-state index contributed by atoms with van der Waals surface area (Å²) in [5.41, 5.74) is 0.999. The SMILES string of the molecule is CC(C)NCc1ccc(N(Cc2cccs2)C2CC2)nn1. The van der Waals surface area contributed by atoms with E-state index < -0.39 is 0 Å². The van der Waals surface area contributed by atoms with Crippen LogP contribution in [0.2, 0.25) is 0 Å². The molecule has 0 saturated heterocycles. The number of aromatic nitrogens is 2. The molecule has 0 unspecified atom stereocenters. The van der Waals surface area contributed by atoms with E-state index in [-0.39, 0.29) is 0 Å². The molecule has 1 saturated carbocycles. The Morgan fingerprint density at radius 2 is 2.14 bits per heavy atom. The second kappa shape index (κ2) is 6.54. The monoisotopic (exact) mass is 302 g/mol. The molecule has 112 valence electrons. The molecule has 0 spiro atoms. The normalized spacial score (nSPS) is 14.6. The number of anilines is 1. The first-order valence-electron chi connectivity index (χ1n) is 7.57. The maximum Gasteiger partial charge on any atom is 0.151 e. The van der Waals surface area contributed by atoms with Gasteiger partial charge in [-0.15, -0.1) is 16.4 Å². The number of nitrogens with zero attached hydrogens (tertiary/aromatic N) is 3. The van der Waals surface area contributed by atoms with Crippen molar-refractivity contribution >= 4 is 17.2 Å². The second-order valence-corrected chi connectivity index (χ2v) is 6.89. The average Bonchev–Trinajstić information content (AvgIpc) is 3.20. The van der Waals surface area contributed by atoms with Crippen LogP contribution in [0, 0.1) is 0 Å². The van der Waals surface area contributed by atoms with E-state index in [0.717, 1.165) is 24.6 Å². The van der Waals surface area contributed by atoms with Crippen LogP contribution < -0.4 is 10.2 Å². The van der Waals surface area contributed by atoms with Gasteiger partial charge in [0, 0.05) is 23.5 Å². The highest BCUT2D eigenvalue weighted by molar-refractivity contribution is 7.09. The molecule has 4 nitrogen and oxygen atoms in total. The van der Waals surface area contributed by atoms with Crippen LogP contribution in [0.25, 0.3) is 0 Å². The summed E-state index contributed by atoms with van der Waals surface area (Å²) in [4.78, 5) is 3.77. The van der Waals surface area contributed by atoms with E-state index >= 15 is 0 Å². The third-order valence-corrected chi connectivity index (χ3v) is 4.45. The Morgan fingerprint density at radius 1 is 1.29 bits per heavy atom. The van der Waals surface area contributed by atoms with Gasteiger partial charge in [-0.05, 0) is 36.4 Å². The van der Waals surface area contributed by atoms with Crippen LogP contribution in [-0.4, -0.2) is 22.3 Å². The Hall–Kier alpha value is -1.46. The lowest BCUT2D eigenvalue weighted by Gasteiger charge is -2.22. The molecule has 2 aromatic rings. The standard InChI is InChI=1S/C16H22N4S/c1-12(2)17-10-13-5-8-16(19-18-13)20(14-6-7-14)11-15-4-3-9-21-15/h3-5,8-9,12,14,17H,6-7,10-11H2,1-2H3. The van der Waals surface area contributed by atoms with Crippen LogP contribution in [-0.2, 0) is 13.1 Å². The number of hydrogen-bond donors (Lipinski definition) is 1. The van der Waals surface area contributed by atoms with Gasteiger partial charge >= 0.3 is 0 Å². The first-order chi connectivity index (χ1) is 10.2. The van der Waals surface area contributed by atoms with E-state index in [4.69, 9.17) is 0 Å². The number of nitrogens with one attached hydrogen (secondary N) is 1. The molecular formula is C16H22N4S. The fourth-order valence-corrected chi connectivity index (χ4v) is 2.97. The molecule has 1 aliphatic rings. The van der Waals surface area contributed by atoms with Gasteiger partial charge in [-0.25, -0.2) is 0 Å². The fourth-order valence-electron chi connectivity index (χ4n) is 2.26. The zero-order valence-electron chi connectivity index (χ0n) is 12.6. The van der Waals surface area contributed by atoms with E-state index in [1.54, 1.807) is 11.3 Å². The number of rotatable bonds is 7. The Balaban J connectivity index is 1.68. The third kappa shape index (κ3) is 4.02. The second-order valence-electron chi connectivity index (χ2n) is 5.86. The lowest BCUT2D eigenvalue weighted by Crippen LogP contribution is -2.26. The summed E-state index contributed by atoms with van der Waals surface area (Å²) in [7, 11) is 0. The van der Waals surface area contributed by atoms with Crippen LogP contribution in [0.5, 0.6) is 0 Å². The van der Waals surface area contributed by atoms with E-state index in [2.05, 4.69) is 63.9 Å². The van der Waals surface area contributed by atoms with Crippen LogP contribution in [0.1, 0.15) is 37.3 Å². The lowest BCUT2D eigenvalue weighted by atomic mass is 10.3. The molecule has 1 aliphatic carbocycles. The van der Waals surface area contributed by atoms with Gasteiger partial charge in [0.15, 0.2) is 5.82 Å². The largest absolute Gasteiger partial charge is 0.347 e. The van der Waals surface area contributed by atoms with Gasteiger partial charge in [0.1, 0.15) is 0 Å². The van der Waals surface area contributed by atoms with Gasteiger partial charge < -0.3 is 10.2 Å². The smallest absolute Gasteiger partial charge is 0.151 e. The topological polar surface area (TPSA) is 41.0 Å². The molecule has 2 heterocycles. The zero-order chi connectivity index (χ0) is 14.7. The van der Waals surface area contributed by atoms with Crippen LogP contribution in [0.4, 0.5) is 5.82 Å². The van der Waals surface area contributed by atoms with Gasteiger partial charge in [0.05, 0.1) is 12.2 Å². The molecule has 0 aliphatic heterocycles. The van der Waals surface area contributed by atoms with E-state index in [0.29, 0.717) is 12.1 Å². The summed E-state index contributed by atoms with van der Waals surface area (Å²) >= 11 is 1.81. The van der Waals surface area contributed by atoms with Crippen molar-refractivity contribution in [2.75, 3.05) is 4.90 Å². The van der Waals surface area contributed by atoms with Gasteiger partial charge in [-0.2, -0.15) is 5.10 Å². The highest BCUT2D eigenvalue weighted by Crippen LogP contribution is 2.32. The summed E-state index contributed by atoms with van der Waals surface area (Å²) < 4.78 is 0. The van der Waals surface area contributed by atoms with Crippen molar-refractivity contribution in [1.82, 2.24) is 15.5 Å². The Labute approximate surface area is 130 Å². The maximum atomic E-state index is 4.44. The average molecular weight is 302 g/mol. The van der Waals surface area contributed by atoms with E-state index in [1.807, 2.05) is 0 Å². The zero-order valence-corrected chi connectivity index (χ0v) is 13.4. The molecule has 1 N–H and O–H groups in total. The van der Waals surface area contributed by atoms with Crippen molar-refractivity contribution in [3.8, 4) is 0 Å². The van der Waals surface area contributed by atoms with Crippen molar-refractivity contribution in [2.24, 2.45) is 0 Å². The van der Waals surface area contributed by atoms with Gasteiger partial charge in [0.2, 0.25) is 0 Å². The van der Waals surface area contributed by atoms with E-state index in [9.17, 15) is 0 Å². The quantitative estimate of drug-likeness (QED) is 0.853. The van der Waals surface area contributed by atoms with Crippen molar-refractivity contribution in [3.63, 3.8) is 0 Å². The Bertz CT molecular complexity index is 546. The van der Waals surface area contributed by atoms with E-state index in [1.165, 1.54) is 17.7 Å². The number of thiophene rings is 1. The molecule has 21 heavy (non-hydrogen) atoms. The number of hydrogen-bond acceptors (Lipinski definition) is 5. The Kier molecular flexibility index (Phi) is 4.51. The molecule has 0 aromatic carbocycles. The van der Waals surface area contributed by atoms with Crippen LogP contribution in [0.15, 0.2) is 29.6 Å². The summed E-state index contributed by atoms with van der Waals surface area (Å²) in [6.07, 6.45) is 2.54. The third-order valence-electron chi connectivity index (χ3n) is 3.59.